The molecule has 4 heteroatoms. The first-order valence-electron chi connectivity index (χ1n) is 6.93. The van der Waals surface area contributed by atoms with Crippen LogP contribution in [0, 0.1) is 13.8 Å². The van der Waals surface area contributed by atoms with Crippen LogP contribution in [-0.4, -0.2) is 16.7 Å². The molecular weight excluding hydrogens is 262 g/mol. The van der Waals surface area contributed by atoms with Crippen molar-refractivity contribution in [1.82, 2.24) is 9.55 Å². The summed E-state index contributed by atoms with van der Waals surface area (Å²) >= 11 is 0. The number of imidazole rings is 1. The fourth-order valence-electron chi connectivity index (χ4n) is 2.53. The number of hydrogen-bond acceptors (Lipinski definition) is 3. The van der Waals surface area contributed by atoms with Crippen molar-refractivity contribution in [3.63, 3.8) is 0 Å². The third-order valence-corrected chi connectivity index (χ3v) is 3.83. The number of benzene rings is 2. The maximum Gasteiger partial charge on any atom is 0.143 e. The molecule has 0 amide bonds. The van der Waals surface area contributed by atoms with Crippen LogP contribution in [0.15, 0.2) is 36.4 Å². The molecule has 0 aliphatic heterocycles. The van der Waals surface area contributed by atoms with E-state index in [-0.39, 0.29) is 0 Å². The Hall–Kier alpha value is -2.33. The van der Waals surface area contributed by atoms with Crippen LogP contribution in [0.5, 0.6) is 0 Å². The van der Waals surface area contributed by atoms with E-state index in [0.29, 0.717) is 12.4 Å². The van der Waals surface area contributed by atoms with Crippen molar-refractivity contribution in [1.29, 1.82) is 0 Å². The number of nitrogens with zero attached hydrogens (tertiary/aromatic N) is 2. The summed E-state index contributed by atoms with van der Waals surface area (Å²) in [4.78, 5) is 4.73. The van der Waals surface area contributed by atoms with Crippen molar-refractivity contribution < 1.29 is 4.74 Å². The molecule has 1 aromatic heterocycles. The summed E-state index contributed by atoms with van der Waals surface area (Å²) in [6.45, 7) is 4.66. The Labute approximate surface area is 124 Å². The first kappa shape index (κ1) is 13.6. The highest BCUT2D eigenvalue weighted by molar-refractivity contribution is 5.90. The van der Waals surface area contributed by atoms with Crippen LogP contribution in [0.2, 0.25) is 0 Å². The number of anilines is 1. The lowest BCUT2D eigenvalue weighted by atomic mass is 10.1. The van der Waals surface area contributed by atoms with Gasteiger partial charge in [0.25, 0.3) is 0 Å². The molecule has 0 radical (unpaired) electrons. The Bertz CT molecular complexity index is 805. The van der Waals surface area contributed by atoms with E-state index in [9.17, 15) is 0 Å². The molecule has 2 aromatic carbocycles. The number of ether oxygens (including phenoxy) is 1. The zero-order valence-corrected chi connectivity index (χ0v) is 12.6. The Morgan fingerprint density at radius 2 is 1.95 bits per heavy atom. The molecule has 3 rings (SSSR count). The van der Waals surface area contributed by atoms with Gasteiger partial charge in [-0.1, -0.05) is 18.2 Å². The van der Waals surface area contributed by atoms with E-state index in [4.69, 9.17) is 15.5 Å². The van der Waals surface area contributed by atoms with Gasteiger partial charge in [0.2, 0.25) is 0 Å². The SMILES string of the molecule is COCn1c(-c2ccc(C)c(C)c2)nc2c(N)cccc21. The molecule has 21 heavy (non-hydrogen) atoms. The van der Waals surface area contributed by atoms with E-state index in [1.165, 1.54) is 11.1 Å². The lowest BCUT2D eigenvalue weighted by Gasteiger charge is -2.09. The molecule has 0 aliphatic carbocycles. The smallest absolute Gasteiger partial charge is 0.143 e. The van der Waals surface area contributed by atoms with Crippen LogP contribution in [0.1, 0.15) is 11.1 Å². The lowest BCUT2D eigenvalue weighted by molar-refractivity contribution is 0.135. The van der Waals surface area contributed by atoms with Crippen LogP contribution >= 0.6 is 0 Å². The van der Waals surface area contributed by atoms with Gasteiger partial charge in [-0.25, -0.2) is 4.98 Å². The quantitative estimate of drug-likeness (QED) is 0.747. The van der Waals surface area contributed by atoms with E-state index in [1.807, 2.05) is 18.2 Å². The van der Waals surface area contributed by atoms with Crippen molar-refractivity contribution in [3.05, 3.63) is 47.5 Å². The number of fused-ring (bicyclic) bond motifs is 1. The zero-order chi connectivity index (χ0) is 15.0. The van der Waals surface area contributed by atoms with Crippen molar-refractivity contribution in [2.24, 2.45) is 0 Å². The van der Waals surface area contributed by atoms with E-state index in [2.05, 4.69) is 36.6 Å². The summed E-state index contributed by atoms with van der Waals surface area (Å²) in [6.07, 6.45) is 0. The molecule has 0 atom stereocenters. The molecule has 0 bridgehead atoms. The minimum absolute atomic E-state index is 0.447. The van der Waals surface area contributed by atoms with Gasteiger partial charge in [0, 0.05) is 12.7 Å². The fourth-order valence-corrected chi connectivity index (χ4v) is 2.53. The van der Waals surface area contributed by atoms with E-state index in [1.54, 1.807) is 7.11 Å². The predicted octanol–water partition coefficient (Wildman–Crippen LogP) is 3.51. The van der Waals surface area contributed by atoms with Gasteiger partial charge in [-0.05, 0) is 43.2 Å². The molecule has 3 aromatic rings. The number of methoxy groups -OCH3 is 1. The Balaban J connectivity index is 2.27. The number of nitrogen functional groups attached to an aromatic ring is 1. The third kappa shape index (κ3) is 2.28. The number of nitrogens with two attached hydrogens (primary N) is 1. The maximum absolute atomic E-state index is 6.05. The van der Waals surface area contributed by atoms with Crippen molar-refractivity contribution in [2.45, 2.75) is 20.6 Å². The summed E-state index contributed by atoms with van der Waals surface area (Å²) in [5.41, 5.74) is 12.1. The minimum Gasteiger partial charge on any atom is -0.397 e. The summed E-state index contributed by atoms with van der Waals surface area (Å²) in [6, 6.07) is 12.2. The maximum atomic E-state index is 6.05. The second-order valence-electron chi connectivity index (χ2n) is 5.30. The Morgan fingerprint density at radius 1 is 1.14 bits per heavy atom. The predicted molar refractivity (Wildman–Crippen MR) is 86.1 cm³/mol. The molecule has 4 nitrogen and oxygen atoms in total. The Kier molecular flexibility index (Phi) is 3.39. The monoisotopic (exact) mass is 281 g/mol. The minimum atomic E-state index is 0.447. The van der Waals surface area contributed by atoms with Crippen molar-refractivity contribution in [3.8, 4) is 11.4 Å². The van der Waals surface area contributed by atoms with Crippen LogP contribution in [0.4, 0.5) is 5.69 Å². The van der Waals surface area contributed by atoms with Gasteiger partial charge in [0.1, 0.15) is 18.1 Å². The molecule has 2 N–H and O–H groups in total. The van der Waals surface area contributed by atoms with Gasteiger partial charge >= 0.3 is 0 Å². The van der Waals surface area contributed by atoms with Gasteiger partial charge in [-0.3, -0.25) is 4.57 Å². The summed E-state index contributed by atoms with van der Waals surface area (Å²) in [5, 5.41) is 0. The first-order chi connectivity index (χ1) is 10.1. The van der Waals surface area contributed by atoms with Gasteiger partial charge in [-0.15, -0.1) is 0 Å². The molecule has 0 aliphatic rings. The highest BCUT2D eigenvalue weighted by Crippen LogP contribution is 2.29. The highest BCUT2D eigenvalue weighted by Gasteiger charge is 2.14. The normalized spacial score (nSPS) is 11.2. The topological polar surface area (TPSA) is 53.1 Å². The molecule has 0 spiro atoms. The number of para-hydroxylation sites is 1. The molecule has 108 valence electrons. The first-order valence-corrected chi connectivity index (χ1v) is 6.93. The molecule has 0 saturated carbocycles. The fraction of sp³-hybridized carbons (Fsp3) is 0.235. The van der Waals surface area contributed by atoms with E-state index < -0.39 is 0 Å². The van der Waals surface area contributed by atoms with E-state index >= 15 is 0 Å². The standard InChI is InChI=1S/C17H19N3O/c1-11-7-8-13(9-12(11)2)17-19-16-14(18)5-4-6-15(16)20(17)10-21-3/h4-9H,10,18H2,1-3H3. The zero-order valence-electron chi connectivity index (χ0n) is 12.6. The highest BCUT2D eigenvalue weighted by atomic mass is 16.5. The van der Waals surface area contributed by atoms with Gasteiger partial charge in [0.05, 0.1) is 11.2 Å². The molecule has 1 heterocycles. The third-order valence-electron chi connectivity index (χ3n) is 3.83. The number of rotatable bonds is 3. The summed E-state index contributed by atoms with van der Waals surface area (Å²) in [5.74, 6) is 0.882. The summed E-state index contributed by atoms with van der Waals surface area (Å²) < 4.78 is 7.38. The Morgan fingerprint density at radius 3 is 2.67 bits per heavy atom. The second-order valence-corrected chi connectivity index (χ2v) is 5.30. The van der Waals surface area contributed by atoms with Crippen LogP contribution in [-0.2, 0) is 11.5 Å². The average Bonchev–Trinajstić information content (AvgIpc) is 2.83. The van der Waals surface area contributed by atoms with Crippen LogP contribution in [0.3, 0.4) is 0 Å². The number of aryl methyl sites for hydroxylation is 2. The van der Waals surface area contributed by atoms with Crippen molar-refractivity contribution >= 4 is 16.7 Å². The largest absolute Gasteiger partial charge is 0.397 e. The van der Waals surface area contributed by atoms with Gasteiger partial charge in [0.15, 0.2) is 0 Å². The van der Waals surface area contributed by atoms with Gasteiger partial charge < -0.3 is 10.5 Å². The number of hydrogen-bond donors (Lipinski definition) is 1. The average molecular weight is 281 g/mol. The summed E-state index contributed by atoms with van der Waals surface area (Å²) in [7, 11) is 1.68. The van der Waals surface area contributed by atoms with Crippen LogP contribution < -0.4 is 5.73 Å². The van der Waals surface area contributed by atoms with Crippen molar-refractivity contribution in [2.75, 3.05) is 12.8 Å². The molecule has 0 unspecified atom stereocenters. The van der Waals surface area contributed by atoms with Gasteiger partial charge in [-0.2, -0.15) is 0 Å². The van der Waals surface area contributed by atoms with Crippen LogP contribution in [0.25, 0.3) is 22.4 Å². The number of aromatic nitrogens is 2. The lowest BCUT2D eigenvalue weighted by Crippen LogP contribution is -2.02. The molecule has 0 fully saturated rings. The second kappa shape index (κ2) is 5.22. The van der Waals surface area contributed by atoms with E-state index in [0.717, 1.165) is 22.4 Å². The molecule has 0 saturated heterocycles. The molecular formula is C17H19N3O.